The minimum Gasteiger partial charge on any atom is -0.508 e. The van der Waals surface area contributed by atoms with Gasteiger partial charge in [0.25, 0.3) is 0 Å². The van der Waals surface area contributed by atoms with Gasteiger partial charge in [-0.1, -0.05) is 13.0 Å². The molecule has 0 saturated heterocycles. The second kappa shape index (κ2) is 6.03. The molecule has 3 nitrogen and oxygen atoms in total. The number of aromatic hydroxyl groups is 1. The maximum absolute atomic E-state index is 11.0. The Morgan fingerprint density at radius 3 is 2.88 bits per heavy atom. The Hall–Kier alpha value is -1.06. The lowest BCUT2D eigenvalue weighted by molar-refractivity contribution is -0.0337. The molecule has 2 saturated carbocycles. The smallest absolute Gasteiger partial charge is 0.115 e. The fourth-order valence-electron chi connectivity index (χ4n) is 6.35. The standard InChI is InChI=1S/C21H30O3/c1-21-9-8-17-16-7-5-15(23)11-13(16)4-6-18(17)19(21)12-14(20(21)24)3-2-10-22/h5,7,11,14,17-20,22-24H,2-4,6,8-10,12H2,1H3/t14-,17-,18-,19+,20+,21+/m1/s1. The van der Waals surface area contributed by atoms with Gasteiger partial charge < -0.3 is 15.3 Å². The Morgan fingerprint density at radius 1 is 1.25 bits per heavy atom. The summed E-state index contributed by atoms with van der Waals surface area (Å²) in [7, 11) is 0. The van der Waals surface area contributed by atoms with Crippen LogP contribution < -0.4 is 0 Å². The van der Waals surface area contributed by atoms with E-state index in [9.17, 15) is 10.2 Å². The predicted octanol–water partition coefficient (Wildman–Crippen LogP) is 3.61. The molecule has 4 rings (SSSR count). The third-order valence-corrected chi connectivity index (χ3v) is 7.56. The highest BCUT2D eigenvalue weighted by atomic mass is 16.3. The molecule has 0 aromatic heterocycles. The van der Waals surface area contributed by atoms with E-state index in [1.54, 1.807) is 0 Å². The number of hydrogen-bond acceptors (Lipinski definition) is 3. The van der Waals surface area contributed by atoms with Crippen molar-refractivity contribution >= 4 is 0 Å². The van der Waals surface area contributed by atoms with Gasteiger partial charge in [0.15, 0.2) is 0 Å². The van der Waals surface area contributed by atoms with Crippen LogP contribution in [-0.4, -0.2) is 28.0 Å². The number of aliphatic hydroxyl groups is 2. The van der Waals surface area contributed by atoms with E-state index in [0.717, 1.165) is 38.5 Å². The summed E-state index contributed by atoms with van der Waals surface area (Å²) < 4.78 is 0. The monoisotopic (exact) mass is 330 g/mol. The van der Waals surface area contributed by atoms with Crippen LogP contribution in [0.15, 0.2) is 18.2 Å². The van der Waals surface area contributed by atoms with Gasteiger partial charge in [0.2, 0.25) is 0 Å². The van der Waals surface area contributed by atoms with Crippen molar-refractivity contribution in [2.24, 2.45) is 23.2 Å². The summed E-state index contributed by atoms with van der Waals surface area (Å²) in [5, 5.41) is 29.9. The van der Waals surface area contributed by atoms with Gasteiger partial charge in [-0.05, 0) is 97.3 Å². The van der Waals surface area contributed by atoms with Crippen LogP contribution in [0, 0.1) is 23.2 Å². The normalized spacial score (nSPS) is 40.7. The first kappa shape index (κ1) is 16.4. The molecule has 0 spiro atoms. The SMILES string of the molecule is C[C@]12CC[C@@H]3c4ccc(O)cc4CC[C@H]3[C@@H]1C[C@@H](CCCO)[C@@H]2O. The number of fused-ring (bicyclic) bond motifs is 5. The van der Waals surface area contributed by atoms with Crippen molar-refractivity contribution in [1.29, 1.82) is 0 Å². The lowest BCUT2D eigenvalue weighted by Crippen LogP contribution is -2.44. The highest BCUT2D eigenvalue weighted by Gasteiger charge is 2.57. The molecule has 3 aliphatic carbocycles. The Kier molecular flexibility index (Phi) is 4.12. The highest BCUT2D eigenvalue weighted by Crippen LogP contribution is 2.62. The fraction of sp³-hybridized carbons (Fsp3) is 0.714. The van der Waals surface area contributed by atoms with Crippen LogP contribution in [-0.2, 0) is 6.42 Å². The molecule has 0 heterocycles. The summed E-state index contributed by atoms with van der Waals surface area (Å²) in [6.45, 7) is 2.54. The van der Waals surface area contributed by atoms with E-state index in [2.05, 4.69) is 13.0 Å². The zero-order valence-corrected chi connectivity index (χ0v) is 14.6. The van der Waals surface area contributed by atoms with Gasteiger partial charge in [-0.15, -0.1) is 0 Å². The second-order valence-corrected chi connectivity index (χ2v) is 8.65. The van der Waals surface area contributed by atoms with Crippen molar-refractivity contribution in [2.45, 2.75) is 63.9 Å². The molecular weight excluding hydrogens is 300 g/mol. The van der Waals surface area contributed by atoms with Crippen LogP contribution in [0.3, 0.4) is 0 Å². The van der Waals surface area contributed by atoms with Crippen molar-refractivity contribution in [3.05, 3.63) is 29.3 Å². The Labute approximate surface area is 144 Å². The molecule has 132 valence electrons. The number of phenolic OH excluding ortho intramolecular Hbond substituents is 1. The molecule has 3 aliphatic rings. The van der Waals surface area contributed by atoms with Crippen LogP contribution in [0.4, 0.5) is 0 Å². The third kappa shape index (κ3) is 2.40. The number of benzene rings is 1. The van der Waals surface area contributed by atoms with Crippen molar-refractivity contribution in [2.75, 3.05) is 6.61 Å². The number of rotatable bonds is 3. The molecule has 0 radical (unpaired) electrons. The summed E-state index contributed by atoms with van der Waals surface area (Å²) in [4.78, 5) is 0. The average Bonchev–Trinajstić information content (AvgIpc) is 2.84. The van der Waals surface area contributed by atoms with Crippen LogP contribution in [0.5, 0.6) is 5.75 Å². The highest BCUT2D eigenvalue weighted by molar-refractivity contribution is 5.40. The van der Waals surface area contributed by atoms with Gasteiger partial charge in [0.05, 0.1) is 6.10 Å². The molecule has 24 heavy (non-hydrogen) atoms. The summed E-state index contributed by atoms with van der Waals surface area (Å²) in [5.74, 6) is 2.59. The van der Waals surface area contributed by atoms with Crippen LogP contribution in [0.2, 0.25) is 0 Å². The number of hydrogen-bond donors (Lipinski definition) is 3. The first-order valence-corrected chi connectivity index (χ1v) is 9.65. The van der Waals surface area contributed by atoms with Crippen LogP contribution in [0.1, 0.15) is 62.5 Å². The van der Waals surface area contributed by atoms with E-state index >= 15 is 0 Å². The zero-order chi connectivity index (χ0) is 16.9. The topological polar surface area (TPSA) is 60.7 Å². The molecular formula is C21H30O3. The van der Waals surface area contributed by atoms with Crippen molar-refractivity contribution < 1.29 is 15.3 Å². The molecule has 3 heteroatoms. The largest absolute Gasteiger partial charge is 0.508 e. The van der Waals surface area contributed by atoms with Gasteiger partial charge in [0.1, 0.15) is 5.75 Å². The van der Waals surface area contributed by atoms with E-state index in [1.165, 1.54) is 17.5 Å². The molecule has 3 N–H and O–H groups in total. The summed E-state index contributed by atoms with van der Waals surface area (Å²) in [5.41, 5.74) is 2.82. The summed E-state index contributed by atoms with van der Waals surface area (Å²) >= 11 is 0. The maximum atomic E-state index is 11.0. The van der Waals surface area contributed by atoms with Crippen LogP contribution in [0.25, 0.3) is 0 Å². The Bertz CT molecular complexity index is 613. The van der Waals surface area contributed by atoms with E-state index in [1.807, 2.05) is 12.1 Å². The van der Waals surface area contributed by atoms with Gasteiger partial charge in [-0.2, -0.15) is 0 Å². The van der Waals surface area contributed by atoms with Gasteiger partial charge in [-0.25, -0.2) is 0 Å². The molecule has 0 amide bonds. The van der Waals surface area contributed by atoms with E-state index < -0.39 is 0 Å². The van der Waals surface area contributed by atoms with E-state index in [4.69, 9.17) is 5.11 Å². The number of aryl methyl sites for hydroxylation is 1. The number of aliphatic hydroxyl groups excluding tert-OH is 2. The summed E-state index contributed by atoms with van der Waals surface area (Å²) in [6, 6.07) is 5.92. The van der Waals surface area contributed by atoms with Crippen molar-refractivity contribution in [3.8, 4) is 5.75 Å². The number of phenols is 1. The van der Waals surface area contributed by atoms with Gasteiger partial charge in [-0.3, -0.25) is 0 Å². The van der Waals surface area contributed by atoms with E-state index in [0.29, 0.717) is 29.4 Å². The zero-order valence-electron chi connectivity index (χ0n) is 14.6. The lowest BCUT2D eigenvalue weighted by Gasteiger charge is -2.50. The molecule has 6 atom stereocenters. The summed E-state index contributed by atoms with van der Waals surface area (Å²) in [6.07, 6.45) is 7.14. The molecule has 1 aromatic carbocycles. The maximum Gasteiger partial charge on any atom is 0.115 e. The molecule has 0 unspecified atom stereocenters. The van der Waals surface area contributed by atoms with Crippen LogP contribution >= 0.6 is 0 Å². The van der Waals surface area contributed by atoms with Crippen molar-refractivity contribution in [1.82, 2.24) is 0 Å². The molecule has 1 aromatic rings. The van der Waals surface area contributed by atoms with Crippen molar-refractivity contribution in [3.63, 3.8) is 0 Å². The molecule has 2 fully saturated rings. The predicted molar refractivity (Wildman–Crippen MR) is 93.9 cm³/mol. The lowest BCUT2D eigenvalue weighted by atomic mass is 9.55. The Balaban J connectivity index is 1.61. The quantitative estimate of drug-likeness (QED) is 0.793. The van der Waals surface area contributed by atoms with E-state index in [-0.39, 0.29) is 18.1 Å². The van der Waals surface area contributed by atoms with Gasteiger partial charge in [0, 0.05) is 6.61 Å². The molecule has 0 bridgehead atoms. The third-order valence-electron chi connectivity index (χ3n) is 7.56. The fourth-order valence-corrected chi connectivity index (χ4v) is 6.35. The minimum absolute atomic E-state index is 0.0513. The minimum atomic E-state index is -0.212. The Morgan fingerprint density at radius 2 is 2.08 bits per heavy atom. The first-order chi connectivity index (χ1) is 11.5. The van der Waals surface area contributed by atoms with Gasteiger partial charge >= 0.3 is 0 Å². The first-order valence-electron chi connectivity index (χ1n) is 9.65. The second-order valence-electron chi connectivity index (χ2n) is 8.65. The average molecular weight is 330 g/mol. The molecule has 0 aliphatic heterocycles.